The summed E-state index contributed by atoms with van der Waals surface area (Å²) in [6, 6.07) is 8.29. The third-order valence-corrected chi connectivity index (χ3v) is 4.47. The van der Waals surface area contributed by atoms with E-state index in [-0.39, 0.29) is 30.6 Å². The van der Waals surface area contributed by atoms with Crippen LogP contribution in [0.2, 0.25) is 0 Å². The van der Waals surface area contributed by atoms with Crippen LogP contribution in [0.4, 0.5) is 17.1 Å². The van der Waals surface area contributed by atoms with Gasteiger partial charge in [-0.2, -0.15) is 0 Å². The maximum absolute atomic E-state index is 12.4. The van der Waals surface area contributed by atoms with Gasteiger partial charge in [-0.1, -0.05) is 23.8 Å². The minimum Gasteiger partial charge on any atom is -0.324 e. The zero-order valence-corrected chi connectivity index (χ0v) is 17.3. The van der Waals surface area contributed by atoms with Gasteiger partial charge in [0.25, 0.3) is 5.69 Å². The van der Waals surface area contributed by atoms with E-state index in [2.05, 4.69) is 10.6 Å². The fraction of sp³-hybridized carbons (Fsp3) is 0.333. The number of nitrogens with one attached hydrogen (secondary N) is 2. The standard InChI is InChI=1S/C21H26N4O4/c1-13-8-15(3)21(16(4)9-13)23-20(27)12-24(5)11-19(26)22-18-10-17(25(28)29)7-6-14(18)2/h6-10H,11-12H2,1-5H3,(H,22,26)(H,23,27). The molecule has 0 heterocycles. The van der Waals surface area contributed by atoms with Gasteiger partial charge in [0.1, 0.15) is 0 Å². The number of hydrogen-bond donors (Lipinski definition) is 2. The molecule has 2 rings (SSSR count). The number of amides is 2. The van der Waals surface area contributed by atoms with Crippen molar-refractivity contribution in [2.24, 2.45) is 0 Å². The van der Waals surface area contributed by atoms with Crippen molar-refractivity contribution in [2.75, 3.05) is 30.8 Å². The van der Waals surface area contributed by atoms with E-state index < -0.39 is 4.92 Å². The van der Waals surface area contributed by atoms with Crippen LogP contribution < -0.4 is 10.6 Å². The average molecular weight is 398 g/mol. The number of nitro groups is 1. The van der Waals surface area contributed by atoms with Gasteiger partial charge in [-0.05, 0) is 51.4 Å². The average Bonchev–Trinajstić information content (AvgIpc) is 2.59. The van der Waals surface area contributed by atoms with Crippen LogP contribution in [0, 0.1) is 37.8 Å². The second kappa shape index (κ2) is 9.29. The molecule has 0 aliphatic rings. The summed E-state index contributed by atoms with van der Waals surface area (Å²) in [7, 11) is 1.66. The molecule has 2 aromatic carbocycles. The van der Waals surface area contributed by atoms with Crippen LogP contribution in [0.1, 0.15) is 22.3 Å². The first kappa shape index (κ1) is 22.0. The molecule has 154 valence electrons. The number of rotatable bonds is 7. The molecule has 0 aliphatic carbocycles. The van der Waals surface area contributed by atoms with Crippen LogP contribution >= 0.6 is 0 Å². The first-order valence-corrected chi connectivity index (χ1v) is 9.18. The van der Waals surface area contributed by atoms with Gasteiger partial charge >= 0.3 is 0 Å². The normalized spacial score (nSPS) is 10.7. The van der Waals surface area contributed by atoms with E-state index >= 15 is 0 Å². The zero-order valence-electron chi connectivity index (χ0n) is 17.3. The summed E-state index contributed by atoms with van der Waals surface area (Å²) in [5.41, 5.74) is 4.88. The third kappa shape index (κ3) is 6.11. The van der Waals surface area contributed by atoms with Crippen molar-refractivity contribution >= 4 is 28.9 Å². The van der Waals surface area contributed by atoms with Crippen LogP contribution in [0.3, 0.4) is 0 Å². The summed E-state index contributed by atoms with van der Waals surface area (Å²) in [6.45, 7) is 7.64. The van der Waals surface area contributed by atoms with E-state index in [0.29, 0.717) is 5.69 Å². The van der Waals surface area contributed by atoms with Gasteiger partial charge in [0.2, 0.25) is 11.8 Å². The minimum atomic E-state index is -0.513. The van der Waals surface area contributed by atoms with Gasteiger partial charge in [0.05, 0.1) is 23.7 Å². The highest BCUT2D eigenvalue weighted by Crippen LogP contribution is 2.22. The number of aryl methyl sites for hydroxylation is 4. The number of likely N-dealkylation sites (N-methyl/N-ethyl adjacent to an activating group) is 1. The molecular weight excluding hydrogens is 372 g/mol. The maximum Gasteiger partial charge on any atom is 0.271 e. The lowest BCUT2D eigenvalue weighted by atomic mass is 10.1. The molecule has 0 radical (unpaired) electrons. The Morgan fingerprint density at radius 2 is 1.48 bits per heavy atom. The molecule has 2 aromatic rings. The highest BCUT2D eigenvalue weighted by molar-refractivity contribution is 5.96. The minimum absolute atomic E-state index is 0.0264. The second-order valence-corrected chi connectivity index (χ2v) is 7.30. The van der Waals surface area contributed by atoms with E-state index in [9.17, 15) is 19.7 Å². The van der Waals surface area contributed by atoms with Crippen molar-refractivity contribution < 1.29 is 14.5 Å². The Hall–Kier alpha value is -3.26. The predicted octanol–water partition coefficient (Wildman–Crippen LogP) is 3.34. The number of carbonyl (C=O) groups is 2. The number of benzene rings is 2. The van der Waals surface area contributed by atoms with Crippen LogP contribution in [0.25, 0.3) is 0 Å². The van der Waals surface area contributed by atoms with Crippen molar-refractivity contribution in [1.29, 1.82) is 0 Å². The van der Waals surface area contributed by atoms with Crippen molar-refractivity contribution in [3.8, 4) is 0 Å². The van der Waals surface area contributed by atoms with E-state index in [1.807, 2.05) is 32.9 Å². The highest BCUT2D eigenvalue weighted by Gasteiger charge is 2.15. The van der Waals surface area contributed by atoms with Crippen LogP contribution in [-0.4, -0.2) is 41.8 Å². The SMILES string of the molecule is Cc1cc(C)c(NC(=O)CN(C)CC(=O)Nc2cc([N+](=O)[O-])ccc2C)c(C)c1. The molecule has 0 unspecified atom stereocenters. The van der Waals surface area contributed by atoms with Gasteiger partial charge < -0.3 is 10.6 Å². The van der Waals surface area contributed by atoms with Gasteiger partial charge in [-0.3, -0.25) is 24.6 Å². The van der Waals surface area contributed by atoms with Crippen molar-refractivity contribution in [2.45, 2.75) is 27.7 Å². The highest BCUT2D eigenvalue weighted by atomic mass is 16.6. The Morgan fingerprint density at radius 3 is 2.03 bits per heavy atom. The fourth-order valence-electron chi connectivity index (χ4n) is 3.15. The lowest BCUT2D eigenvalue weighted by Crippen LogP contribution is -2.36. The Labute approximate surface area is 170 Å². The van der Waals surface area contributed by atoms with Crippen molar-refractivity contribution in [3.05, 3.63) is 62.7 Å². The molecule has 0 fully saturated rings. The van der Waals surface area contributed by atoms with Crippen LogP contribution in [0.5, 0.6) is 0 Å². The molecule has 0 atom stereocenters. The summed E-state index contributed by atoms with van der Waals surface area (Å²) < 4.78 is 0. The predicted molar refractivity (Wildman–Crippen MR) is 113 cm³/mol. The summed E-state index contributed by atoms with van der Waals surface area (Å²) in [5.74, 6) is -0.575. The summed E-state index contributed by atoms with van der Waals surface area (Å²) in [5, 5.41) is 16.5. The monoisotopic (exact) mass is 398 g/mol. The first-order valence-electron chi connectivity index (χ1n) is 9.18. The third-order valence-electron chi connectivity index (χ3n) is 4.47. The van der Waals surface area contributed by atoms with Gasteiger partial charge in [0, 0.05) is 17.8 Å². The van der Waals surface area contributed by atoms with Crippen molar-refractivity contribution in [1.82, 2.24) is 4.90 Å². The summed E-state index contributed by atoms with van der Waals surface area (Å²) in [4.78, 5) is 36.6. The maximum atomic E-state index is 12.4. The molecule has 0 spiro atoms. The zero-order chi connectivity index (χ0) is 21.7. The lowest BCUT2D eigenvalue weighted by molar-refractivity contribution is -0.384. The smallest absolute Gasteiger partial charge is 0.271 e. The number of carbonyl (C=O) groups excluding carboxylic acids is 2. The molecule has 0 saturated heterocycles. The molecule has 0 bridgehead atoms. The number of hydrogen-bond acceptors (Lipinski definition) is 5. The number of nitrogens with zero attached hydrogens (tertiary/aromatic N) is 2. The van der Waals surface area contributed by atoms with E-state index in [1.165, 1.54) is 12.1 Å². The number of non-ortho nitro benzene ring substituents is 1. The molecular formula is C21H26N4O4. The molecule has 2 amide bonds. The lowest BCUT2D eigenvalue weighted by Gasteiger charge is -2.18. The molecule has 8 nitrogen and oxygen atoms in total. The van der Waals surface area contributed by atoms with Crippen LogP contribution in [-0.2, 0) is 9.59 Å². The fourth-order valence-corrected chi connectivity index (χ4v) is 3.15. The molecule has 0 saturated carbocycles. The Kier molecular flexibility index (Phi) is 7.06. The van der Waals surface area contributed by atoms with E-state index in [1.54, 1.807) is 24.9 Å². The molecule has 0 aromatic heterocycles. The summed E-state index contributed by atoms with van der Waals surface area (Å²) in [6.07, 6.45) is 0. The quantitative estimate of drug-likeness (QED) is 0.550. The van der Waals surface area contributed by atoms with Gasteiger partial charge in [-0.15, -0.1) is 0 Å². The topological polar surface area (TPSA) is 105 Å². The van der Waals surface area contributed by atoms with Gasteiger partial charge in [-0.25, -0.2) is 0 Å². The number of nitro benzene ring substituents is 1. The second-order valence-electron chi connectivity index (χ2n) is 7.30. The Bertz CT molecular complexity index is 933. The molecule has 2 N–H and O–H groups in total. The number of anilines is 2. The molecule has 0 aliphatic heterocycles. The van der Waals surface area contributed by atoms with E-state index in [4.69, 9.17) is 0 Å². The van der Waals surface area contributed by atoms with E-state index in [0.717, 1.165) is 27.9 Å². The van der Waals surface area contributed by atoms with Gasteiger partial charge in [0.15, 0.2) is 0 Å². The van der Waals surface area contributed by atoms with Crippen molar-refractivity contribution in [3.63, 3.8) is 0 Å². The first-order chi connectivity index (χ1) is 13.6. The largest absolute Gasteiger partial charge is 0.324 e. The molecule has 29 heavy (non-hydrogen) atoms. The van der Waals surface area contributed by atoms with Crippen LogP contribution in [0.15, 0.2) is 30.3 Å². The molecule has 8 heteroatoms. The summed E-state index contributed by atoms with van der Waals surface area (Å²) >= 11 is 0. The Morgan fingerprint density at radius 1 is 0.931 bits per heavy atom. The Balaban J connectivity index is 1.94.